The summed E-state index contributed by atoms with van der Waals surface area (Å²) in [6, 6.07) is 15.8. The number of aryl methyl sites for hydroxylation is 1. The van der Waals surface area contributed by atoms with Gasteiger partial charge in [-0.25, -0.2) is 17.8 Å². The van der Waals surface area contributed by atoms with Gasteiger partial charge in [0.25, 0.3) is 10.0 Å². The van der Waals surface area contributed by atoms with Crippen LogP contribution in [0, 0.1) is 12.7 Å². The van der Waals surface area contributed by atoms with Crippen LogP contribution in [0.15, 0.2) is 78.0 Å². The lowest BCUT2D eigenvalue weighted by Gasteiger charge is -2.09. The molecule has 7 heteroatoms. The molecule has 1 N–H and O–H groups in total. The fourth-order valence-corrected chi connectivity index (χ4v) is 3.96. The van der Waals surface area contributed by atoms with E-state index in [1.54, 1.807) is 18.2 Å². The third kappa shape index (κ3) is 3.41. The van der Waals surface area contributed by atoms with Gasteiger partial charge < -0.3 is 4.40 Å². The van der Waals surface area contributed by atoms with Crippen LogP contribution in [-0.2, 0) is 10.0 Å². The minimum atomic E-state index is -3.88. The Morgan fingerprint density at radius 2 is 1.85 bits per heavy atom. The molecule has 0 aliphatic rings. The molecule has 0 fully saturated rings. The molecule has 0 atom stereocenters. The van der Waals surface area contributed by atoms with Gasteiger partial charge in [-0.05, 0) is 48.9 Å². The van der Waals surface area contributed by atoms with Gasteiger partial charge in [0.2, 0.25) is 0 Å². The van der Waals surface area contributed by atoms with Gasteiger partial charge in [0.15, 0.2) is 0 Å². The lowest BCUT2D eigenvalue weighted by Crippen LogP contribution is -2.13. The van der Waals surface area contributed by atoms with Crippen LogP contribution >= 0.6 is 0 Å². The van der Waals surface area contributed by atoms with Gasteiger partial charge in [0.05, 0.1) is 10.6 Å². The average Bonchev–Trinajstić information content (AvgIpc) is 3.07. The van der Waals surface area contributed by atoms with Crippen LogP contribution in [0.4, 0.5) is 10.1 Å². The number of aromatic nitrogens is 2. The molecule has 4 rings (SSSR count). The predicted octanol–water partition coefficient (Wildman–Crippen LogP) is 4.25. The average molecular weight is 381 g/mol. The number of hydrogen-bond donors (Lipinski definition) is 1. The van der Waals surface area contributed by atoms with Crippen molar-refractivity contribution in [2.45, 2.75) is 11.8 Å². The molecule has 0 amide bonds. The zero-order valence-electron chi connectivity index (χ0n) is 14.4. The highest BCUT2D eigenvalue weighted by Crippen LogP contribution is 2.25. The van der Waals surface area contributed by atoms with Crippen LogP contribution in [0.3, 0.4) is 0 Å². The van der Waals surface area contributed by atoms with Crippen molar-refractivity contribution < 1.29 is 12.8 Å². The van der Waals surface area contributed by atoms with Crippen molar-refractivity contribution in [2.75, 3.05) is 4.72 Å². The normalized spacial score (nSPS) is 11.6. The van der Waals surface area contributed by atoms with E-state index in [9.17, 15) is 12.8 Å². The van der Waals surface area contributed by atoms with Crippen LogP contribution in [0.5, 0.6) is 0 Å². The number of sulfonamides is 1. The van der Waals surface area contributed by atoms with Gasteiger partial charge in [0.1, 0.15) is 11.5 Å². The second-order valence-electron chi connectivity index (χ2n) is 6.19. The first-order chi connectivity index (χ1) is 12.9. The fourth-order valence-electron chi connectivity index (χ4n) is 2.88. The number of anilines is 1. The molecule has 27 heavy (non-hydrogen) atoms. The minimum absolute atomic E-state index is 0.128. The summed E-state index contributed by atoms with van der Waals surface area (Å²) in [6.07, 6.45) is 3.80. The molecular formula is C20H16FN3O2S. The second-order valence-corrected chi connectivity index (χ2v) is 7.87. The van der Waals surface area contributed by atoms with Gasteiger partial charge in [-0.3, -0.25) is 4.72 Å². The lowest BCUT2D eigenvalue weighted by molar-refractivity contribution is 0.595. The topological polar surface area (TPSA) is 63.5 Å². The van der Waals surface area contributed by atoms with E-state index in [0.717, 1.165) is 28.5 Å². The van der Waals surface area contributed by atoms with E-state index in [1.807, 2.05) is 41.9 Å². The third-order valence-corrected chi connectivity index (χ3v) is 5.57. The van der Waals surface area contributed by atoms with Gasteiger partial charge in [-0.1, -0.05) is 24.3 Å². The smallest absolute Gasteiger partial charge is 0.261 e. The van der Waals surface area contributed by atoms with Crippen LogP contribution in [0.1, 0.15) is 5.56 Å². The van der Waals surface area contributed by atoms with E-state index < -0.39 is 15.8 Å². The number of nitrogens with one attached hydrogen (secondary N) is 1. The monoisotopic (exact) mass is 381 g/mol. The molecule has 0 aliphatic heterocycles. The molecule has 2 aromatic carbocycles. The SMILES string of the molecule is Cc1cccn2cc(-c3cccc(NS(=O)(=O)c4cccc(F)c4)c3)nc12. The summed E-state index contributed by atoms with van der Waals surface area (Å²) in [6.45, 7) is 1.98. The number of pyridine rings is 1. The Morgan fingerprint density at radius 3 is 2.63 bits per heavy atom. The van der Waals surface area contributed by atoms with Gasteiger partial charge >= 0.3 is 0 Å². The van der Waals surface area contributed by atoms with E-state index in [0.29, 0.717) is 5.69 Å². The van der Waals surface area contributed by atoms with E-state index in [2.05, 4.69) is 9.71 Å². The first-order valence-electron chi connectivity index (χ1n) is 8.25. The van der Waals surface area contributed by atoms with Crippen LogP contribution < -0.4 is 4.72 Å². The van der Waals surface area contributed by atoms with Crippen molar-refractivity contribution in [2.24, 2.45) is 0 Å². The number of hydrogen-bond acceptors (Lipinski definition) is 3. The molecule has 0 bridgehead atoms. The Hall–Kier alpha value is -3.19. The maximum Gasteiger partial charge on any atom is 0.261 e. The number of halogens is 1. The number of benzene rings is 2. The fraction of sp³-hybridized carbons (Fsp3) is 0.0500. The highest BCUT2D eigenvalue weighted by molar-refractivity contribution is 7.92. The van der Waals surface area contributed by atoms with Crippen molar-refractivity contribution >= 4 is 21.4 Å². The maximum absolute atomic E-state index is 13.4. The molecule has 0 spiro atoms. The summed E-state index contributed by atoms with van der Waals surface area (Å²) < 4.78 is 42.7. The molecule has 0 saturated heterocycles. The van der Waals surface area contributed by atoms with Crippen molar-refractivity contribution in [1.82, 2.24) is 9.38 Å². The summed E-state index contributed by atoms with van der Waals surface area (Å²) in [5, 5.41) is 0. The van der Waals surface area contributed by atoms with Crippen LogP contribution in [0.2, 0.25) is 0 Å². The minimum Gasteiger partial charge on any atom is -0.306 e. The van der Waals surface area contributed by atoms with Crippen LogP contribution in [-0.4, -0.2) is 17.8 Å². The van der Waals surface area contributed by atoms with Crippen molar-refractivity contribution in [1.29, 1.82) is 0 Å². The first-order valence-corrected chi connectivity index (χ1v) is 9.74. The summed E-state index contributed by atoms with van der Waals surface area (Å²) in [5.74, 6) is -0.605. The third-order valence-electron chi connectivity index (χ3n) is 4.19. The first kappa shape index (κ1) is 17.2. The summed E-state index contributed by atoms with van der Waals surface area (Å²) in [4.78, 5) is 4.50. The summed E-state index contributed by atoms with van der Waals surface area (Å²) >= 11 is 0. The molecule has 0 saturated carbocycles. The molecular weight excluding hydrogens is 365 g/mol. The molecule has 0 radical (unpaired) electrons. The quantitative estimate of drug-likeness (QED) is 0.575. The molecule has 0 unspecified atom stereocenters. The molecule has 5 nitrogen and oxygen atoms in total. The molecule has 0 aliphatic carbocycles. The van der Waals surface area contributed by atoms with E-state index in [4.69, 9.17) is 0 Å². The van der Waals surface area contributed by atoms with E-state index >= 15 is 0 Å². The van der Waals surface area contributed by atoms with Crippen molar-refractivity contribution in [3.63, 3.8) is 0 Å². The Labute approximate surface area is 156 Å². The number of rotatable bonds is 4. The highest BCUT2D eigenvalue weighted by Gasteiger charge is 2.15. The Bertz CT molecular complexity index is 1250. The largest absolute Gasteiger partial charge is 0.306 e. The van der Waals surface area contributed by atoms with Crippen molar-refractivity contribution in [3.8, 4) is 11.3 Å². The van der Waals surface area contributed by atoms with Gasteiger partial charge in [-0.15, -0.1) is 0 Å². The molecule has 2 aromatic heterocycles. The maximum atomic E-state index is 13.4. The lowest BCUT2D eigenvalue weighted by atomic mass is 10.1. The second kappa shape index (κ2) is 6.51. The standard InChI is InChI=1S/C20H16FN3O2S/c1-14-5-4-10-24-13-19(22-20(14)24)15-6-2-8-17(11-15)23-27(25,26)18-9-3-7-16(21)12-18/h2-13,23H,1H3. The Balaban J connectivity index is 1.69. The molecule has 4 aromatic rings. The van der Waals surface area contributed by atoms with Gasteiger partial charge in [-0.2, -0.15) is 0 Å². The Kier molecular flexibility index (Phi) is 4.16. The Morgan fingerprint density at radius 1 is 1.04 bits per heavy atom. The zero-order chi connectivity index (χ0) is 19.0. The summed E-state index contributed by atoms with van der Waals surface area (Å²) in [7, 11) is -3.88. The molecule has 136 valence electrons. The number of fused-ring (bicyclic) bond motifs is 1. The number of imidazole rings is 1. The predicted molar refractivity (Wildman–Crippen MR) is 103 cm³/mol. The zero-order valence-corrected chi connectivity index (χ0v) is 15.2. The van der Waals surface area contributed by atoms with Crippen LogP contribution in [0.25, 0.3) is 16.9 Å². The van der Waals surface area contributed by atoms with Gasteiger partial charge in [0, 0.05) is 23.6 Å². The molecule has 2 heterocycles. The highest BCUT2D eigenvalue weighted by atomic mass is 32.2. The van der Waals surface area contributed by atoms with E-state index in [1.165, 1.54) is 18.2 Å². The van der Waals surface area contributed by atoms with Crippen molar-refractivity contribution in [3.05, 3.63) is 84.4 Å². The summed E-state index contributed by atoms with van der Waals surface area (Å²) in [5.41, 5.74) is 3.78. The number of nitrogens with zero attached hydrogens (tertiary/aromatic N) is 2. The van der Waals surface area contributed by atoms with E-state index in [-0.39, 0.29) is 4.90 Å².